The highest BCUT2D eigenvalue weighted by atomic mass is 35.5. The molecule has 5 nitrogen and oxygen atoms in total. The summed E-state index contributed by atoms with van der Waals surface area (Å²) in [6, 6.07) is 2.77. The Morgan fingerprint density at radius 1 is 1.45 bits per heavy atom. The first-order chi connectivity index (χ1) is 9.36. The number of alkyl halides is 1. The van der Waals surface area contributed by atoms with E-state index in [1.165, 1.54) is 4.90 Å². The van der Waals surface area contributed by atoms with E-state index in [0.717, 1.165) is 18.2 Å². The average Bonchev–Trinajstić information content (AvgIpc) is 2.37. The number of nitrogens with zero attached hydrogens (tertiary/aromatic N) is 2. The lowest BCUT2D eigenvalue weighted by Gasteiger charge is -2.26. The summed E-state index contributed by atoms with van der Waals surface area (Å²) < 4.78 is 13.4. The number of rotatable bonds is 6. The normalized spacial score (nSPS) is 10.7. The molecule has 0 aliphatic rings. The number of nitro groups is 1. The molecule has 1 aromatic carbocycles. The Morgan fingerprint density at radius 2 is 2.10 bits per heavy atom. The van der Waals surface area contributed by atoms with Crippen molar-refractivity contribution in [2.45, 2.75) is 26.3 Å². The first-order valence-corrected chi connectivity index (χ1v) is 6.72. The van der Waals surface area contributed by atoms with Gasteiger partial charge in [0.1, 0.15) is 5.82 Å². The minimum absolute atomic E-state index is 0.0278. The summed E-state index contributed by atoms with van der Waals surface area (Å²) in [5.41, 5.74) is -0.464. The molecular weight excluding hydrogens is 287 g/mol. The number of non-ortho nitro benzene ring substituents is 1. The van der Waals surface area contributed by atoms with Crippen LogP contribution in [0.3, 0.4) is 0 Å². The summed E-state index contributed by atoms with van der Waals surface area (Å²) >= 11 is 5.61. The van der Waals surface area contributed by atoms with Crippen LogP contribution in [0.1, 0.15) is 30.6 Å². The van der Waals surface area contributed by atoms with Gasteiger partial charge in [0.2, 0.25) is 0 Å². The average molecular weight is 303 g/mol. The number of hydrogen-bond acceptors (Lipinski definition) is 3. The molecule has 0 N–H and O–H groups in total. The zero-order valence-corrected chi connectivity index (χ0v) is 12.1. The quantitative estimate of drug-likeness (QED) is 0.460. The third kappa shape index (κ3) is 4.16. The highest BCUT2D eigenvalue weighted by Gasteiger charge is 2.21. The summed E-state index contributed by atoms with van der Waals surface area (Å²) in [6.45, 7) is 4.06. The van der Waals surface area contributed by atoms with Crippen molar-refractivity contribution in [2.24, 2.45) is 0 Å². The molecule has 1 aromatic rings. The maximum Gasteiger partial charge on any atom is 0.273 e. The number of carbonyl (C=O) groups excluding carboxylic acids is 1. The maximum atomic E-state index is 13.4. The van der Waals surface area contributed by atoms with Gasteiger partial charge < -0.3 is 4.90 Å². The van der Waals surface area contributed by atoms with Crippen molar-refractivity contribution in [3.63, 3.8) is 0 Å². The lowest BCUT2D eigenvalue weighted by Crippen LogP contribution is -2.38. The van der Waals surface area contributed by atoms with Gasteiger partial charge in [0.15, 0.2) is 0 Å². The van der Waals surface area contributed by atoms with Gasteiger partial charge in [-0.3, -0.25) is 14.9 Å². The molecule has 20 heavy (non-hydrogen) atoms. The summed E-state index contributed by atoms with van der Waals surface area (Å²) in [6.07, 6.45) is 0.600. The molecule has 0 aromatic heterocycles. The van der Waals surface area contributed by atoms with Crippen molar-refractivity contribution >= 4 is 23.2 Å². The molecule has 0 spiro atoms. The largest absolute Gasteiger partial charge is 0.336 e. The van der Waals surface area contributed by atoms with Crippen molar-refractivity contribution in [3.05, 3.63) is 39.7 Å². The van der Waals surface area contributed by atoms with E-state index in [-0.39, 0.29) is 11.6 Å². The van der Waals surface area contributed by atoms with Gasteiger partial charge in [0, 0.05) is 30.1 Å². The molecular formula is C13H16ClFN2O3. The van der Waals surface area contributed by atoms with Crippen LogP contribution < -0.4 is 0 Å². The Morgan fingerprint density at radius 3 is 2.60 bits per heavy atom. The van der Waals surface area contributed by atoms with E-state index in [4.69, 9.17) is 11.6 Å². The standard InChI is InChI=1S/C13H16ClFN2O3/c1-9(2)16(5-3-4-14)13(18)10-6-11(15)8-12(7-10)17(19)20/h6-9H,3-5H2,1-2H3. The van der Waals surface area contributed by atoms with Crippen molar-refractivity contribution in [1.29, 1.82) is 0 Å². The predicted molar refractivity (Wildman–Crippen MR) is 74.6 cm³/mol. The summed E-state index contributed by atoms with van der Waals surface area (Å²) in [4.78, 5) is 23.8. The number of carbonyl (C=O) groups is 1. The molecule has 0 heterocycles. The predicted octanol–water partition coefficient (Wildman–Crippen LogP) is 3.21. The number of benzene rings is 1. The van der Waals surface area contributed by atoms with E-state index in [2.05, 4.69) is 0 Å². The molecule has 1 amide bonds. The van der Waals surface area contributed by atoms with Crippen LogP contribution in [0.4, 0.5) is 10.1 Å². The lowest BCUT2D eigenvalue weighted by molar-refractivity contribution is -0.385. The second-order valence-electron chi connectivity index (χ2n) is 4.59. The van der Waals surface area contributed by atoms with Gasteiger partial charge in [-0.1, -0.05) is 0 Å². The highest BCUT2D eigenvalue weighted by molar-refractivity contribution is 6.17. The molecule has 110 valence electrons. The van der Waals surface area contributed by atoms with E-state index in [1.807, 2.05) is 13.8 Å². The Labute approximate surface area is 121 Å². The molecule has 1 rings (SSSR count). The van der Waals surface area contributed by atoms with E-state index < -0.39 is 22.3 Å². The monoisotopic (exact) mass is 302 g/mol. The summed E-state index contributed by atoms with van der Waals surface area (Å²) in [7, 11) is 0. The van der Waals surface area contributed by atoms with Crippen LogP contribution in [0.5, 0.6) is 0 Å². The van der Waals surface area contributed by atoms with Crippen LogP contribution in [-0.4, -0.2) is 34.2 Å². The molecule has 0 atom stereocenters. The molecule has 0 saturated carbocycles. The number of halogens is 2. The van der Waals surface area contributed by atoms with Gasteiger partial charge >= 0.3 is 0 Å². The number of hydrogen-bond donors (Lipinski definition) is 0. The van der Waals surface area contributed by atoms with Gasteiger partial charge in [0.25, 0.3) is 11.6 Å². The first-order valence-electron chi connectivity index (χ1n) is 6.18. The van der Waals surface area contributed by atoms with Crippen LogP contribution in [0.2, 0.25) is 0 Å². The van der Waals surface area contributed by atoms with Gasteiger partial charge in [-0.15, -0.1) is 11.6 Å². The molecule has 0 aliphatic heterocycles. The molecule has 0 unspecified atom stereocenters. The Bertz CT molecular complexity index is 508. The maximum absolute atomic E-state index is 13.4. The fourth-order valence-electron chi connectivity index (χ4n) is 1.79. The minimum Gasteiger partial charge on any atom is -0.336 e. The van der Waals surface area contributed by atoms with Crippen LogP contribution in [0.25, 0.3) is 0 Å². The van der Waals surface area contributed by atoms with Crippen molar-refractivity contribution < 1.29 is 14.1 Å². The number of amides is 1. The second kappa shape index (κ2) is 7.19. The van der Waals surface area contributed by atoms with Gasteiger partial charge in [-0.05, 0) is 26.3 Å². The summed E-state index contributed by atoms with van der Waals surface area (Å²) in [5.74, 6) is -0.837. The van der Waals surface area contributed by atoms with Crippen LogP contribution >= 0.6 is 11.6 Å². The molecule has 0 radical (unpaired) electrons. The fraction of sp³-hybridized carbons (Fsp3) is 0.462. The lowest BCUT2D eigenvalue weighted by atomic mass is 10.1. The SMILES string of the molecule is CC(C)N(CCCCl)C(=O)c1cc(F)cc([N+](=O)[O-])c1. The Hall–Kier alpha value is -1.69. The Kier molecular flexibility index (Phi) is 5.88. The smallest absolute Gasteiger partial charge is 0.273 e. The third-order valence-electron chi connectivity index (χ3n) is 2.76. The molecule has 0 aliphatic carbocycles. The first kappa shape index (κ1) is 16.4. The molecule has 7 heteroatoms. The molecule has 0 bridgehead atoms. The van der Waals surface area contributed by atoms with Crippen LogP contribution in [-0.2, 0) is 0 Å². The highest BCUT2D eigenvalue weighted by Crippen LogP contribution is 2.18. The van der Waals surface area contributed by atoms with Gasteiger partial charge in [0.05, 0.1) is 11.0 Å². The van der Waals surface area contributed by atoms with E-state index in [9.17, 15) is 19.3 Å². The van der Waals surface area contributed by atoms with Crippen LogP contribution in [0.15, 0.2) is 18.2 Å². The molecule has 0 fully saturated rings. The Balaban J connectivity index is 3.08. The van der Waals surface area contributed by atoms with E-state index in [1.54, 1.807) is 0 Å². The van der Waals surface area contributed by atoms with Crippen molar-refractivity contribution in [2.75, 3.05) is 12.4 Å². The van der Waals surface area contributed by atoms with E-state index in [0.29, 0.717) is 18.8 Å². The zero-order valence-electron chi connectivity index (χ0n) is 11.3. The van der Waals surface area contributed by atoms with Crippen LogP contribution in [0, 0.1) is 15.9 Å². The topological polar surface area (TPSA) is 63.5 Å². The fourth-order valence-corrected chi connectivity index (χ4v) is 1.91. The zero-order chi connectivity index (χ0) is 15.3. The van der Waals surface area contributed by atoms with Crippen molar-refractivity contribution in [1.82, 2.24) is 4.90 Å². The van der Waals surface area contributed by atoms with Crippen molar-refractivity contribution in [3.8, 4) is 0 Å². The van der Waals surface area contributed by atoms with E-state index >= 15 is 0 Å². The van der Waals surface area contributed by atoms with Gasteiger partial charge in [-0.25, -0.2) is 4.39 Å². The van der Waals surface area contributed by atoms with Gasteiger partial charge in [-0.2, -0.15) is 0 Å². The number of nitro benzene ring substituents is 1. The second-order valence-corrected chi connectivity index (χ2v) is 4.97. The minimum atomic E-state index is -0.802. The third-order valence-corrected chi connectivity index (χ3v) is 3.02. The summed E-state index contributed by atoms with van der Waals surface area (Å²) in [5, 5.41) is 10.7. The molecule has 0 saturated heterocycles.